The van der Waals surface area contributed by atoms with Gasteiger partial charge in [-0.1, -0.05) is 0 Å². The Morgan fingerprint density at radius 2 is 2.29 bits per heavy atom. The van der Waals surface area contributed by atoms with E-state index in [-0.39, 0.29) is 11.6 Å². The van der Waals surface area contributed by atoms with Crippen LogP contribution in [0.3, 0.4) is 0 Å². The summed E-state index contributed by atoms with van der Waals surface area (Å²) in [5.74, 6) is 0.0195. The third kappa shape index (κ3) is 3.10. The molecule has 0 aliphatic rings. The second-order valence-corrected chi connectivity index (χ2v) is 3.40. The van der Waals surface area contributed by atoms with Crippen LogP contribution in [-0.4, -0.2) is 27.4 Å². The van der Waals surface area contributed by atoms with Gasteiger partial charge in [0.25, 0.3) is 5.91 Å². The van der Waals surface area contributed by atoms with Crippen molar-refractivity contribution in [2.75, 3.05) is 6.54 Å². The van der Waals surface area contributed by atoms with E-state index in [9.17, 15) is 9.18 Å². The molecule has 0 aliphatic carbocycles. The molecule has 0 atom stereocenters. The van der Waals surface area contributed by atoms with Gasteiger partial charge in [-0.3, -0.25) is 4.79 Å². The molecule has 2 aromatic rings. The Bertz CT molecular complexity index is 481. The highest BCUT2D eigenvalue weighted by Gasteiger charge is 2.06. The molecule has 0 fully saturated rings. The van der Waals surface area contributed by atoms with E-state index in [4.69, 9.17) is 0 Å². The first-order valence-electron chi connectivity index (χ1n) is 5.14. The number of hydrogen-bond acceptors (Lipinski definition) is 3. The smallest absolute Gasteiger partial charge is 0.269 e. The number of halogens is 1. The van der Waals surface area contributed by atoms with Crippen LogP contribution in [0, 0.1) is 5.82 Å². The van der Waals surface area contributed by atoms with Crippen molar-refractivity contribution in [2.24, 2.45) is 0 Å². The Morgan fingerprint density at radius 3 is 2.94 bits per heavy atom. The summed E-state index contributed by atoms with van der Waals surface area (Å²) in [6, 6.07) is 2.55. The predicted octanol–water partition coefficient (Wildman–Crippen LogP) is 0.916. The van der Waals surface area contributed by atoms with E-state index >= 15 is 0 Å². The standard InChI is InChI=1S/C11H11FN4O/c12-8-1-2-9(16-7-8)11(17)15-4-3-10-13-5-6-14-10/h1-2,5-7H,3-4H2,(H,13,14)(H,15,17). The zero-order valence-electron chi connectivity index (χ0n) is 8.98. The predicted molar refractivity (Wildman–Crippen MR) is 58.8 cm³/mol. The highest BCUT2D eigenvalue weighted by atomic mass is 19.1. The normalized spacial score (nSPS) is 10.2. The highest BCUT2D eigenvalue weighted by molar-refractivity contribution is 5.92. The summed E-state index contributed by atoms with van der Waals surface area (Å²) in [6.07, 6.45) is 5.00. The van der Waals surface area contributed by atoms with E-state index in [1.54, 1.807) is 12.4 Å². The number of carbonyl (C=O) groups is 1. The number of pyridine rings is 1. The van der Waals surface area contributed by atoms with E-state index in [2.05, 4.69) is 20.3 Å². The van der Waals surface area contributed by atoms with Gasteiger partial charge in [-0.25, -0.2) is 14.4 Å². The molecule has 0 unspecified atom stereocenters. The molecule has 0 spiro atoms. The molecule has 17 heavy (non-hydrogen) atoms. The molecule has 2 heterocycles. The van der Waals surface area contributed by atoms with Gasteiger partial charge in [0.2, 0.25) is 0 Å². The van der Waals surface area contributed by atoms with E-state index in [0.29, 0.717) is 13.0 Å². The Kier molecular flexibility index (Phi) is 3.44. The molecule has 0 aromatic carbocycles. The van der Waals surface area contributed by atoms with Crippen molar-refractivity contribution < 1.29 is 9.18 Å². The lowest BCUT2D eigenvalue weighted by molar-refractivity contribution is 0.0949. The van der Waals surface area contributed by atoms with Gasteiger partial charge in [-0.05, 0) is 12.1 Å². The van der Waals surface area contributed by atoms with Gasteiger partial charge in [-0.2, -0.15) is 0 Å². The molecule has 2 aromatic heterocycles. The number of aromatic amines is 1. The lowest BCUT2D eigenvalue weighted by Crippen LogP contribution is -2.26. The van der Waals surface area contributed by atoms with Gasteiger partial charge >= 0.3 is 0 Å². The first-order chi connectivity index (χ1) is 8.25. The molecule has 1 amide bonds. The van der Waals surface area contributed by atoms with Crippen LogP contribution in [0.5, 0.6) is 0 Å². The summed E-state index contributed by atoms with van der Waals surface area (Å²) in [5, 5.41) is 2.67. The van der Waals surface area contributed by atoms with E-state index in [1.165, 1.54) is 12.1 Å². The van der Waals surface area contributed by atoms with Gasteiger partial charge in [-0.15, -0.1) is 0 Å². The number of H-pyrrole nitrogens is 1. The van der Waals surface area contributed by atoms with Crippen molar-refractivity contribution in [3.8, 4) is 0 Å². The van der Waals surface area contributed by atoms with Crippen LogP contribution in [-0.2, 0) is 6.42 Å². The average molecular weight is 234 g/mol. The van der Waals surface area contributed by atoms with Crippen LogP contribution in [0.15, 0.2) is 30.7 Å². The van der Waals surface area contributed by atoms with Crippen LogP contribution in [0.25, 0.3) is 0 Å². The fourth-order valence-electron chi connectivity index (χ4n) is 1.33. The number of nitrogens with one attached hydrogen (secondary N) is 2. The van der Waals surface area contributed by atoms with E-state index in [0.717, 1.165) is 12.0 Å². The van der Waals surface area contributed by atoms with Crippen LogP contribution in [0.4, 0.5) is 4.39 Å². The maximum Gasteiger partial charge on any atom is 0.269 e. The molecule has 0 aliphatic heterocycles. The molecule has 5 nitrogen and oxygen atoms in total. The Labute approximate surface area is 97.1 Å². The molecule has 0 saturated heterocycles. The number of amides is 1. The minimum absolute atomic E-state index is 0.200. The fourth-order valence-corrected chi connectivity index (χ4v) is 1.33. The van der Waals surface area contributed by atoms with E-state index < -0.39 is 5.82 Å². The first kappa shape index (κ1) is 11.3. The number of carbonyl (C=O) groups excluding carboxylic acids is 1. The SMILES string of the molecule is O=C(NCCc1ncc[nH]1)c1ccc(F)cn1. The molecule has 0 bridgehead atoms. The molecule has 88 valence electrons. The summed E-state index contributed by atoms with van der Waals surface area (Å²) in [5.41, 5.74) is 0.200. The second-order valence-electron chi connectivity index (χ2n) is 3.40. The largest absolute Gasteiger partial charge is 0.350 e. The summed E-state index contributed by atoms with van der Waals surface area (Å²) < 4.78 is 12.6. The number of hydrogen-bond donors (Lipinski definition) is 2. The molecule has 0 radical (unpaired) electrons. The van der Waals surface area contributed by atoms with Gasteiger partial charge in [0.15, 0.2) is 0 Å². The lowest BCUT2D eigenvalue weighted by Gasteiger charge is -2.02. The summed E-state index contributed by atoms with van der Waals surface area (Å²) in [4.78, 5) is 22.2. The van der Waals surface area contributed by atoms with Gasteiger partial charge < -0.3 is 10.3 Å². The number of aromatic nitrogens is 3. The maximum absolute atomic E-state index is 12.6. The molecule has 2 rings (SSSR count). The first-order valence-corrected chi connectivity index (χ1v) is 5.14. The molecular weight excluding hydrogens is 223 g/mol. The van der Waals surface area contributed by atoms with Crippen LogP contribution in [0.1, 0.15) is 16.3 Å². The Morgan fingerprint density at radius 1 is 1.41 bits per heavy atom. The Balaban J connectivity index is 1.83. The van der Waals surface area contributed by atoms with E-state index in [1.807, 2.05) is 0 Å². The second kappa shape index (κ2) is 5.20. The van der Waals surface area contributed by atoms with Gasteiger partial charge in [0.1, 0.15) is 17.3 Å². The van der Waals surface area contributed by atoms with Crippen molar-refractivity contribution in [1.29, 1.82) is 0 Å². The Hall–Kier alpha value is -2.24. The number of rotatable bonds is 4. The molecule has 2 N–H and O–H groups in total. The number of imidazole rings is 1. The zero-order valence-corrected chi connectivity index (χ0v) is 8.98. The maximum atomic E-state index is 12.6. The lowest BCUT2D eigenvalue weighted by atomic mass is 10.3. The molecule has 6 heteroatoms. The third-order valence-electron chi connectivity index (χ3n) is 2.16. The number of nitrogens with zero attached hydrogens (tertiary/aromatic N) is 2. The third-order valence-corrected chi connectivity index (χ3v) is 2.16. The van der Waals surface area contributed by atoms with Crippen molar-refractivity contribution in [1.82, 2.24) is 20.3 Å². The molecular formula is C11H11FN4O. The molecule has 0 saturated carbocycles. The highest BCUT2D eigenvalue weighted by Crippen LogP contribution is 1.98. The van der Waals surface area contributed by atoms with Gasteiger partial charge in [0, 0.05) is 25.4 Å². The van der Waals surface area contributed by atoms with Crippen LogP contribution in [0.2, 0.25) is 0 Å². The topological polar surface area (TPSA) is 70.7 Å². The fraction of sp³-hybridized carbons (Fsp3) is 0.182. The summed E-state index contributed by atoms with van der Waals surface area (Å²) in [7, 11) is 0. The minimum atomic E-state index is -0.461. The van der Waals surface area contributed by atoms with Crippen LogP contribution < -0.4 is 5.32 Å². The van der Waals surface area contributed by atoms with Crippen molar-refractivity contribution in [2.45, 2.75) is 6.42 Å². The minimum Gasteiger partial charge on any atom is -0.350 e. The van der Waals surface area contributed by atoms with Gasteiger partial charge in [0.05, 0.1) is 6.20 Å². The quantitative estimate of drug-likeness (QED) is 0.826. The monoisotopic (exact) mass is 234 g/mol. The average Bonchev–Trinajstić information content (AvgIpc) is 2.83. The summed E-state index contributed by atoms with van der Waals surface area (Å²) in [6.45, 7) is 0.450. The van der Waals surface area contributed by atoms with Crippen LogP contribution >= 0.6 is 0 Å². The van der Waals surface area contributed by atoms with Crippen molar-refractivity contribution in [3.63, 3.8) is 0 Å². The zero-order chi connectivity index (χ0) is 12.1. The summed E-state index contributed by atoms with van der Waals surface area (Å²) >= 11 is 0. The van der Waals surface area contributed by atoms with Crippen molar-refractivity contribution in [3.05, 3.63) is 48.1 Å². The van der Waals surface area contributed by atoms with Crippen molar-refractivity contribution >= 4 is 5.91 Å².